The van der Waals surface area contributed by atoms with E-state index in [9.17, 15) is 20.3 Å². The lowest BCUT2D eigenvalue weighted by molar-refractivity contribution is -0.384. The second-order valence-electron chi connectivity index (χ2n) is 4.93. The first-order valence-electron chi connectivity index (χ1n) is 6.20. The molecule has 0 aliphatic carbocycles. The van der Waals surface area contributed by atoms with Gasteiger partial charge >= 0.3 is 0 Å². The number of aliphatic hydroxyl groups excluding tert-OH is 1. The fourth-order valence-corrected chi connectivity index (χ4v) is 2.50. The van der Waals surface area contributed by atoms with Gasteiger partial charge in [0.05, 0.1) is 16.6 Å². The van der Waals surface area contributed by atoms with Crippen LogP contribution in [0.1, 0.15) is 18.6 Å². The Morgan fingerprint density at radius 3 is 2.55 bits per heavy atom. The topological polar surface area (TPSA) is 95.6 Å². The summed E-state index contributed by atoms with van der Waals surface area (Å²) in [6.45, 7) is 2.38. The molecule has 6 nitrogen and oxygen atoms in total. The van der Waals surface area contributed by atoms with Gasteiger partial charge in [-0.2, -0.15) is 11.8 Å². The zero-order chi connectivity index (χ0) is 15.2. The summed E-state index contributed by atoms with van der Waals surface area (Å²) in [7, 11) is 0. The summed E-state index contributed by atoms with van der Waals surface area (Å²) in [5, 5.41) is 33.4. The molecule has 3 N–H and O–H groups in total. The number of aliphatic hydroxyl groups is 2. The number of nitro groups is 1. The van der Waals surface area contributed by atoms with Crippen molar-refractivity contribution in [3.8, 4) is 0 Å². The van der Waals surface area contributed by atoms with E-state index in [1.807, 2.05) is 6.26 Å². The smallest absolute Gasteiger partial charge is 0.269 e. The predicted octanol–water partition coefficient (Wildman–Crippen LogP) is 1.33. The van der Waals surface area contributed by atoms with E-state index >= 15 is 0 Å². The molecule has 1 rings (SSSR count). The van der Waals surface area contributed by atoms with E-state index in [-0.39, 0.29) is 12.2 Å². The second-order valence-corrected chi connectivity index (χ2v) is 5.79. The molecule has 0 heterocycles. The van der Waals surface area contributed by atoms with Gasteiger partial charge in [-0.25, -0.2) is 0 Å². The summed E-state index contributed by atoms with van der Waals surface area (Å²) in [5.41, 5.74) is -0.223. The number of thioether (sulfide) groups is 1. The summed E-state index contributed by atoms with van der Waals surface area (Å²) in [6, 6.07) is 5.79. The van der Waals surface area contributed by atoms with Gasteiger partial charge in [0.2, 0.25) is 0 Å². The summed E-state index contributed by atoms with van der Waals surface area (Å²) in [5.74, 6) is 0.605. The molecule has 0 aliphatic heterocycles. The summed E-state index contributed by atoms with van der Waals surface area (Å²) >= 11 is 1.55. The van der Waals surface area contributed by atoms with Crippen LogP contribution in [-0.2, 0) is 0 Å². The molecular formula is C13H20N2O4S. The normalized spacial score (nSPS) is 15.6. The van der Waals surface area contributed by atoms with Crippen molar-refractivity contribution in [3.05, 3.63) is 39.9 Å². The van der Waals surface area contributed by atoms with Crippen molar-refractivity contribution in [2.75, 3.05) is 25.1 Å². The maximum absolute atomic E-state index is 10.5. The molecule has 20 heavy (non-hydrogen) atoms. The van der Waals surface area contributed by atoms with E-state index in [0.29, 0.717) is 17.9 Å². The van der Waals surface area contributed by atoms with E-state index in [1.54, 1.807) is 18.7 Å². The summed E-state index contributed by atoms with van der Waals surface area (Å²) in [6.07, 6.45) is 1.15. The highest BCUT2D eigenvalue weighted by Gasteiger charge is 2.19. The molecule has 1 aromatic rings. The van der Waals surface area contributed by atoms with Crippen molar-refractivity contribution < 1.29 is 15.1 Å². The zero-order valence-electron chi connectivity index (χ0n) is 11.6. The molecule has 0 spiro atoms. The van der Waals surface area contributed by atoms with Crippen molar-refractivity contribution >= 4 is 17.4 Å². The second kappa shape index (κ2) is 7.58. The molecule has 0 bridgehead atoms. The Kier molecular flexibility index (Phi) is 6.41. The van der Waals surface area contributed by atoms with E-state index in [1.165, 1.54) is 24.3 Å². The predicted molar refractivity (Wildman–Crippen MR) is 79.9 cm³/mol. The first-order valence-corrected chi connectivity index (χ1v) is 7.59. The molecule has 1 aromatic carbocycles. The van der Waals surface area contributed by atoms with Crippen molar-refractivity contribution in [1.29, 1.82) is 0 Å². The van der Waals surface area contributed by atoms with Gasteiger partial charge in [0.1, 0.15) is 0 Å². The number of nitrogens with zero attached hydrogens (tertiary/aromatic N) is 1. The molecule has 0 radical (unpaired) electrons. The highest BCUT2D eigenvalue weighted by atomic mass is 32.2. The number of nitro benzene ring substituents is 1. The summed E-state index contributed by atoms with van der Waals surface area (Å²) in [4.78, 5) is 10.0. The lowest BCUT2D eigenvalue weighted by Gasteiger charge is -2.23. The van der Waals surface area contributed by atoms with Crippen LogP contribution < -0.4 is 5.32 Å². The van der Waals surface area contributed by atoms with Gasteiger partial charge in [-0.1, -0.05) is 0 Å². The Labute approximate surface area is 122 Å². The SMILES string of the molecule is CSCC(C)(O)CNCC(O)c1ccc([N+](=O)[O-])cc1. The Morgan fingerprint density at radius 2 is 2.05 bits per heavy atom. The van der Waals surface area contributed by atoms with Crippen LogP contribution >= 0.6 is 11.8 Å². The van der Waals surface area contributed by atoms with Crippen LogP contribution in [-0.4, -0.2) is 45.8 Å². The lowest BCUT2D eigenvalue weighted by Crippen LogP contribution is -2.41. The molecule has 7 heteroatoms. The number of benzene rings is 1. The van der Waals surface area contributed by atoms with Gasteiger partial charge in [-0.05, 0) is 30.9 Å². The van der Waals surface area contributed by atoms with E-state index in [0.717, 1.165) is 0 Å². The third kappa shape index (κ3) is 5.46. The number of nitrogens with one attached hydrogen (secondary N) is 1. The van der Waals surface area contributed by atoms with Crippen molar-refractivity contribution in [3.63, 3.8) is 0 Å². The fourth-order valence-electron chi connectivity index (χ4n) is 1.78. The lowest BCUT2D eigenvalue weighted by atomic mass is 10.1. The summed E-state index contributed by atoms with van der Waals surface area (Å²) < 4.78 is 0. The van der Waals surface area contributed by atoms with E-state index in [4.69, 9.17) is 0 Å². The Balaban J connectivity index is 2.46. The van der Waals surface area contributed by atoms with E-state index in [2.05, 4.69) is 5.32 Å². The Morgan fingerprint density at radius 1 is 1.45 bits per heavy atom. The van der Waals surface area contributed by atoms with Gasteiger partial charge in [0.15, 0.2) is 0 Å². The number of rotatable bonds is 8. The minimum absolute atomic E-state index is 0.00295. The third-order valence-corrected chi connectivity index (χ3v) is 3.70. The highest BCUT2D eigenvalue weighted by molar-refractivity contribution is 7.98. The average Bonchev–Trinajstić information content (AvgIpc) is 2.38. The molecule has 0 amide bonds. The molecular weight excluding hydrogens is 280 g/mol. The first kappa shape index (κ1) is 16.9. The van der Waals surface area contributed by atoms with Crippen LogP contribution in [0.15, 0.2) is 24.3 Å². The molecule has 112 valence electrons. The van der Waals surface area contributed by atoms with Crippen LogP contribution in [0, 0.1) is 10.1 Å². The molecule has 0 saturated heterocycles. The monoisotopic (exact) mass is 300 g/mol. The minimum Gasteiger partial charge on any atom is -0.388 e. The highest BCUT2D eigenvalue weighted by Crippen LogP contribution is 2.17. The van der Waals surface area contributed by atoms with Gasteiger partial charge in [0, 0.05) is 31.0 Å². The average molecular weight is 300 g/mol. The Hall–Kier alpha value is -1.15. The molecule has 2 unspecified atom stereocenters. The zero-order valence-corrected chi connectivity index (χ0v) is 12.4. The van der Waals surface area contributed by atoms with E-state index < -0.39 is 16.6 Å². The molecule has 0 fully saturated rings. The molecule has 0 aromatic heterocycles. The number of non-ortho nitro benzene ring substituents is 1. The van der Waals surface area contributed by atoms with Crippen molar-refractivity contribution in [1.82, 2.24) is 5.32 Å². The van der Waals surface area contributed by atoms with Crippen molar-refractivity contribution in [2.24, 2.45) is 0 Å². The fraction of sp³-hybridized carbons (Fsp3) is 0.538. The largest absolute Gasteiger partial charge is 0.388 e. The number of hydrogen-bond acceptors (Lipinski definition) is 6. The maximum atomic E-state index is 10.5. The van der Waals surface area contributed by atoms with Crippen LogP contribution in [0.3, 0.4) is 0 Å². The Bertz CT molecular complexity index is 437. The van der Waals surface area contributed by atoms with Crippen LogP contribution in [0.5, 0.6) is 0 Å². The molecule has 0 saturated carbocycles. The number of hydrogen-bond donors (Lipinski definition) is 3. The van der Waals surface area contributed by atoms with Crippen LogP contribution in [0.4, 0.5) is 5.69 Å². The van der Waals surface area contributed by atoms with Gasteiger partial charge < -0.3 is 15.5 Å². The molecule has 0 aliphatic rings. The van der Waals surface area contributed by atoms with Crippen molar-refractivity contribution in [2.45, 2.75) is 18.6 Å². The maximum Gasteiger partial charge on any atom is 0.269 e. The first-order chi connectivity index (χ1) is 9.35. The van der Waals surface area contributed by atoms with Crippen LogP contribution in [0.25, 0.3) is 0 Å². The minimum atomic E-state index is -0.825. The third-order valence-electron chi connectivity index (χ3n) is 2.79. The standard InChI is InChI=1S/C13H20N2O4S/c1-13(17,9-20-2)8-14-7-12(16)10-3-5-11(6-4-10)15(18)19/h3-6,12,14,16-17H,7-9H2,1-2H3. The quantitative estimate of drug-likeness (QED) is 0.495. The molecule has 2 atom stereocenters. The van der Waals surface area contributed by atoms with Gasteiger partial charge in [0.25, 0.3) is 5.69 Å². The van der Waals surface area contributed by atoms with Gasteiger partial charge in [-0.3, -0.25) is 10.1 Å². The van der Waals surface area contributed by atoms with Crippen LogP contribution in [0.2, 0.25) is 0 Å². The van der Waals surface area contributed by atoms with Gasteiger partial charge in [-0.15, -0.1) is 0 Å².